The molecule has 0 saturated carbocycles. The lowest BCUT2D eigenvalue weighted by atomic mass is 9.89. The molecular formula is C24H20N2O3. The van der Waals surface area contributed by atoms with Crippen molar-refractivity contribution in [3.05, 3.63) is 95.1 Å². The number of nitrogens with one attached hydrogen (secondary N) is 2. The van der Waals surface area contributed by atoms with E-state index in [9.17, 15) is 9.59 Å². The number of benzene rings is 2. The van der Waals surface area contributed by atoms with E-state index in [2.05, 4.69) is 10.6 Å². The first-order valence-corrected chi connectivity index (χ1v) is 9.78. The molecule has 0 bridgehead atoms. The van der Waals surface area contributed by atoms with Crippen LogP contribution < -0.4 is 10.6 Å². The van der Waals surface area contributed by atoms with Crippen LogP contribution >= 0.6 is 0 Å². The maximum atomic E-state index is 12.9. The minimum absolute atomic E-state index is 0.0391. The van der Waals surface area contributed by atoms with Crippen molar-refractivity contribution < 1.29 is 14.0 Å². The lowest BCUT2D eigenvalue weighted by molar-refractivity contribution is -0.116. The van der Waals surface area contributed by atoms with E-state index in [0.29, 0.717) is 23.3 Å². The zero-order chi connectivity index (χ0) is 19.8. The Hall–Kier alpha value is -3.60. The van der Waals surface area contributed by atoms with Crippen molar-refractivity contribution in [3.8, 4) is 0 Å². The highest BCUT2D eigenvalue weighted by Crippen LogP contribution is 2.41. The normalized spacial score (nSPS) is 18.2. The summed E-state index contributed by atoms with van der Waals surface area (Å²) < 4.78 is 5.64. The van der Waals surface area contributed by atoms with Gasteiger partial charge in [0, 0.05) is 28.8 Å². The minimum Gasteiger partial charge on any atom is -0.467 e. The van der Waals surface area contributed by atoms with Crippen LogP contribution in [0.1, 0.15) is 47.0 Å². The number of hydrogen-bond acceptors (Lipinski definition) is 5. The quantitative estimate of drug-likeness (QED) is 0.615. The second kappa shape index (κ2) is 7.09. The van der Waals surface area contributed by atoms with Gasteiger partial charge >= 0.3 is 0 Å². The fourth-order valence-corrected chi connectivity index (χ4v) is 4.06. The maximum absolute atomic E-state index is 12.9. The van der Waals surface area contributed by atoms with E-state index < -0.39 is 0 Å². The molecule has 0 saturated heterocycles. The van der Waals surface area contributed by atoms with Gasteiger partial charge in [-0.2, -0.15) is 0 Å². The highest BCUT2D eigenvalue weighted by atomic mass is 16.3. The van der Waals surface area contributed by atoms with Crippen molar-refractivity contribution in [1.82, 2.24) is 0 Å². The summed E-state index contributed by atoms with van der Waals surface area (Å²) in [5.41, 5.74) is 4.51. The molecule has 0 spiro atoms. The summed E-state index contributed by atoms with van der Waals surface area (Å²) >= 11 is 0. The van der Waals surface area contributed by atoms with Gasteiger partial charge < -0.3 is 15.1 Å². The van der Waals surface area contributed by atoms with Crippen molar-refractivity contribution in [2.45, 2.75) is 25.3 Å². The Morgan fingerprint density at radius 2 is 1.79 bits per heavy atom. The van der Waals surface area contributed by atoms with E-state index in [1.54, 1.807) is 6.26 Å². The van der Waals surface area contributed by atoms with Crippen LogP contribution in [0, 0.1) is 0 Å². The molecular weight excluding hydrogens is 364 g/mol. The van der Waals surface area contributed by atoms with Crippen molar-refractivity contribution in [1.29, 1.82) is 0 Å². The average molecular weight is 384 g/mol. The Bertz CT molecular complexity index is 1110. The van der Waals surface area contributed by atoms with E-state index in [4.69, 9.17) is 4.42 Å². The van der Waals surface area contributed by atoms with Gasteiger partial charge in [0.15, 0.2) is 11.6 Å². The van der Waals surface area contributed by atoms with Crippen molar-refractivity contribution in [2.24, 2.45) is 0 Å². The lowest BCUT2D eigenvalue weighted by Gasteiger charge is -2.23. The second-order valence-electron chi connectivity index (χ2n) is 7.34. The number of ketones is 2. The SMILES string of the molecule is O=C1CCCC2=C1[C@H](c1ccco1)Nc1cc(C(=O)c3ccccc3)ccc1N2. The molecule has 1 aliphatic carbocycles. The molecule has 2 aliphatic rings. The van der Waals surface area contributed by atoms with Crippen molar-refractivity contribution in [3.63, 3.8) is 0 Å². The monoisotopic (exact) mass is 384 g/mol. The standard InChI is InChI=1S/C24H20N2O3/c27-20-9-4-8-18-22(20)23(21-10-5-13-29-21)26-19-14-16(11-12-17(19)25-18)24(28)15-6-2-1-3-7-15/h1-3,5-7,10-14,23,25-26H,4,8-9H2/t23-/m0/s1. The van der Waals surface area contributed by atoms with Crippen LogP contribution in [0.3, 0.4) is 0 Å². The van der Waals surface area contributed by atoms with Crippen LogP contribution in [0.2, 0.25) is 0 Å². The fraction of sp³-hybridized carbons (Fsp3) is 0.167. The zero-order valence-electron chi connectivity index (χ0n) is 15.8. The molecule has 0 amide bonds. The molecule has 1 atom stereocenters. The number of carbonyl (C=O) groups is 2. The number of Topliss-reactive ketones (excluding diaryl/α,β-unsaturated/α-hetero) is 1. The summed E-state index contributed by atoms with van der Waals surface area (Å²) in [6, 6.07) is 18.1. The number of hydrogen-bond donors (Lipinski definition) is 2. The highest BCUT2D eigenvalue weighted by molar-refractivity contribution is 6.10. The molecule has 0 unspecified atom stereocenters. The average Bonchev–Trinajstić information content (AvgIpc) is 3.23. The number of rotatable bonds is 3. The van der Waals surface area contributed by atoms with Crippen molar-refractivity contribution >= 4 is 22.9 Å². The van der Waals surface area contributed by atoms with Crippen LogP contribution in [-0.4, -0.2) is 11.6 Å². The molecule has 2 aromatic carbocycles. The zero-order valence-corrected chi connectivity index (χ0v) is 15.8. The smallest absolute Gasteiger partial charge is 0.193 e. The fourth-order valence-electron chi connectivity index (χ4n) is 4.06. The van der Waals surface area contributed by atoms with Gasteiger partial charge in [-0.1, -0.05) is 30.3 Å². The molecule has 1 aliphatic heterocycles. The third-order valence-electron chi connectivity index (χ3n) is 5.48. The van der Waals surface area contributed by atoms with E-state index in [0.717, 1.165) is 35.5 Å². The third kappa shape index (κ3) is 3.14. The van der Waals surface area contributed by atoms with Crippen LogP contribution in [0.5, 0.6) is 0 Å². The predicted octanol–water partition coefficient (Wildman–Crippen LogP) is 5.10. The Morgan fingerprint density at radius 3 is 2.59 bits per heavy atom. The first-order chi connectivity index (χ1) is 14.2. The van der Waals surface area contributed by atoms with Gasteiger partial charge in [0.1, 0.15) is 11.8 Å². The van der Waals surface area contributed by atoms with Crippen LogP contribution in [0.4, 0.5) is 11.4 Å². The molecule has 1 aromatic heterocycles. The number of carbonyl (C=O) groups excluding carboxylic acids is 2. The topological polar surface area (TPSA) is 71.3 Å². The van der Waals surface area contributed by atoms with Gasteiger partial charge in [-0.15, -0.1) is 0 Å². The summed E-state index contributed by atoms with van der Waals surface area (Å²) in [4.78, 5) is 25.7. The summed E-state index contributed by atoms with van der Waals surface area (Å²) in [7, 11) is 0. The van der Waals surface area contributed by atoms with Crippen LogP contribution in [-0.2, 0) is 4.79 Å². The predicted molar refractivity (Wildman–Crippen MR) is 111 cm³/mol. The lowest BCUT2D eigenvalue weighted by Crippen LogP contribution is -2.23. The van der Waals surface area contributed by atoms with Gasteiger partial charge in [0.05, 0.1) is 17.6 Å². The molecule has 0 radical (unpaired) electrons. The number of fused-ring (bicyclic) bond motifs is 1. The summed E-state index contributed by atoms with van der Waals surface area (Å²) in [6.45, 7) is 0. The number of allylic oxidation sites excluding steroid dienone is 1. The van der Waals surface area contributed by atoms with E-state index in [1.807, 2.05) is 60.7 Å². The minimum atomic E-state index is -0.386. The highest BCUT2D eigenvalue weighted by Gasteiger charge is 2.33. The molecule has 5 rings (SSSR count). The summed E-state index contributed by atoms with van der Waals surface area (Å²) in [5, 5.41) is 6.88. The Morgan fingerprint density at radius 1 is 0.931 bits per heavy atom. The maximum Gasteiger partial charge on any atom is 0.193 e. The first kappa shape index (κ1) is 17.5. The third-order valence-corrected chi connectivity index (χ3v) is 5.48. The Balaban J connectivity index is 1.58. The first-order valence-electron chi connectivity index (χ1n) is 9.78. The molecule has 144 valence electrons. The summed E-state index contributed by atoms with van der Waals surface area (Å²) in [6.07, 6.45) is 3.78. The largest absolute Gasteiger partial charge is 0.467 e. The molecule has 5 nitrogen and oxygen atoms in total. The number of furan rings is 1. The Labute approximate surface area is 168 Å². The van der Waals surface area contributed by atoms with E-state index >= 15 is 0 Å². The molecule has 5 heteroatoms. The summed E-state index contributed by atoms with van der Waals surface area (Å²) in [5.74, 6) is 0.769. The van der Waals surface area contributed by atoms with Gasteiger partial charge in [0.25, 0.3) is 0 Å². The van der Waals surface area contributed by atoms with E-state index in [1.165, 1.54) is 0 Å². The molecule has 3 aromatic rings. The van der Waals surface area contributed by atoms with Gasteiger partial charge in [-0.3, -0.25) is 9.59 Å². The molecule has 2 N–H and O–H groups in total. The van der Waals surface area contributed by atoms with Crippen LogP contribution in [0.25, 0.3) is 0 Å². The molecule has 2 heterocycles. The van der Waals surface area contributed by atoms with Gasteiger partial charge in [-0.05, 0) is 43.2 Å². The van der Waals surface area contributed by atoms with Crippen LogP contribution in [0.15, 0.2) is 82.6 Å². The Kier molecular flexibility index (Phi) is 4.28. The van der Waals surface area contributed by atoms with Crippen molar-refractivity contribution in [2.75, 3.05) is 10.6 Å². The molecule has 29 heavy (non-hydrogen) atoms. The van der Waals surface area contributed by atoms with Gasteiger partial charge in [-0.25, -0.2) is 0 Å². The van der Waals surface area contributed by atoms with Gasteiger partial charge in [0.2, 0.25) is 0 Å². The second-order valence-corrected chi connectivity index (χ2v) is 7.34. The molecule has 0 fully saturated rings. The number of anilines is 2. The van der Waals surface area contributed by atoms with E-state index in [-0.39, 0.29) is 17.6 Å².